The Kier molecular flexibility index (Phi) is 2.77. The summed E-state index contributed by atoms with van der Waals surface area (Å²) in [7, 11) is 0. The molecule has 0 bridgehead atoms. The number of aryl methyl sites for hydroxylation is 2. The number of nitrogens with zero attached hydrogens (tertiary/aromatic N) is 2. The standard InChI is InChI=1S/C13H14N2/c1-10-5-6-12(8-11(10)2)9-13-4-3-7-14-15-13/h3-8H,9H2,1-2H3. The summed E-state index contributed by atoms with van der Waals surface area (Å²) in [4.78, 5) is 0. The summed E-state index contributed by atoms with van der Waals surface area (Å²) < 4.78 is 0. The maximum Gasteiger partial charge on any atom is 0.0674 e. The van der Waals surface area contributed by atoms with Gasteiger partial charge < -0.3 is 0 Å². The average molecular weight is 198 g/mol. The number of aromatic nitrogens is 2. The third-order valence-electron chi connectivity index (χ3n) is 2.58. The van der Waals surface area contributed by atoms with Gasteiger partial charge in [0.25, 0.3) is 0 Å². The lowest BCUT2D eigenvalue weighted by molar-refractivity contribution is 0.935. The zero-order valence-corrected chi connectivity index (χ0v) is 9.07. The smallest absolute Gasteiger partial charge is 0.0674 e. The maximum atomic E-state index is 4.08. The molecule has 1 aromatic heterocycles. The molecule has 2 heteroatoms. The van der Waals surface area contributed by atoms with Crippen LogP contribution in [-0.4, -0.2) is 10.2 Å². The third-order valence-corrected chi connectivity index (χ3v) is 2.58. The van der Waals surface area contributed by atoms with E-state index in [-0.39, 0.29) is 0 Å². The fourth-order valence-corrected chi connectivity index (χ4v) is 1.55. The summed E-state index contributed by atoms with van der Waals surface area (Å²) in [6.45, 7) is 4.26. The van der Waals surface area contributed by atoms with Crippen LogP contribution < -0.4 is 0 Å². The van der Waals surface area contributed by atoms with Gasteiger partial charge in [0, 0.05) is 12.6 Å². The maximum absolute atomic E-state index is 4.08. The Morgan fingerprint density at radius 3 is 2.60 bits per heavy atom. The summed E-state index contributed by atoms with van der Waals surface area (Å²) in [6.07, 6.45) is 2.55. The second-order valence-corrected chi connectivity index (χ2v) is 3.81. The summed E-state index contributed by atoms with van der Waals surface area (Å²) in [6, 6.07) is 10.4. The second-order valence-electron chi connectivity index (χ2n) is 3.81. The first kappa shape index (κ1) is 9.84. The van der Waals surface area contributed by atoms with Crippen molar-refractivity contribution in [1.82, 2.24) is 10.2 Å². The van der Waals surface area contributed by atoms with Crippen molar-refractivity contribution in [2.75, 3.05) is 0 Å². The molecule has 0 fully saturated rings. The van der Waals surface area contributed by atoms with Gasteiger partial charge in [-0.3, -0.25) is 0 Å². The van der Waals surface area contributed by atoms with E-state index in [1.807, 2.05) is 12.1 Å². The number of hydrogen-bond donors (Lipinski definition) is 0. The van der Waals surface area contributed by atoms with Gasteiger partial charge in [-0.25, -0.2) is 0 Å². The van der Waals surface area contributed by atoms with Crippen LogP contribution in [0.5, 0.6) is 0 Å². The van der Waals surface area contributed by atoms with E-state index in [2.05, 4.69) is 42.2 Å². The Hall–Kier alpha value is -1.70. The molecular weight excluding hydrogens is 184 g/mol. The van der Waals surface area contributed by atoms with Gasteiger partial charge in [0.2, 0.25) is 0 Å². The van der Waals surface area contributed by atoms with E-state index in [1.54, 1.807) is 6.20 Å². The van der Waals surface area contributed by atoms with Crippen molar-refractivity contribution >= 4 is 0 Å². The van der Waals surface area contributed by atoms with Gasteiger partial charge in [-0.1, -0.05) is 18.2 Å². The fourth-order valence-electron chi connectivity index (χ4n) is 1.55. The molecule has 1 heterocycles. The molecule has 0 aliphatic heterocycles. The molecule has 0 unspecified atom stereocenters. The molecule has 0 atom stereocenters. The summed E-state index contributed by atoms with van der Waals surface area (Å²) >= 11 is 0. The second kappa shape index (κ2) is 4.22. The Balaban J connectivity index is 2.22. The molecule has 0 radical (unpaired) electrons. The van der Waals surface area contributed by atoms with Crippen LogP contribution in [0.3, 0.4) is 0 Å². The van der Waals surface area contributed by atoms with Gasteiger partial charge in [0.15, 0.2) is 0 Å². The van der Waals surface area contributed by atoms with Crippen LogP contribution in [0.25, 0.3) is 0 Å². The van der Waals surface area contributed by atoms with E-state index >= 15 is 0 Å². The van der Waals surface area contributed by atoms with Crippen molar-refractivity contribution in [3.63, 3.8) is 0 Å². The third kappa shape index (κ3) is 2.40. The van der Waals surface area contributed by atoms with E-state index in [0.717, 1.165) is 12.1 Å². The molecular formula is C13H14N2. The first-order valence-corrected chi connectivity index (χ1v) is 5.08. The van der Waals surface area contributed by atoms with Crippen molar-refractivity contribution in [3.05, 3.63) is 58.9 Å². The van der Waals surface area contributed by atoms with Gasteiger partial charge >= 0.3 is 0 Å². The quantitative estimate of drug-likeness (QED) is 0.741. The highest BCUT2D eigenvalue weighted by Crippen LogP contribution is 2.12. The van der Waals surface area contributed by atoms with E-state index in [0.29, 0.717) is 0 Å². The highest BCUT2D eigenvalue weighted by atomic mass is 15.1. The first-order chi connectivity index (χ1) is 7.25. The minimum Gasteiger partial charge on any atom is -0.159 e. The first-order valence-electron chi connectivity index (χ1n) is 5.08. The van der Waals surface area contributed by atoms with Gasteiger partial charge in [0.05, 0.1) is 5.69 Å². The van der Waals surface area contributed by atoms with E-state index < -0.39 is 0 Å². The monoisotopic (exact) mass is 198 g/mol. The Morgan fingerprint density at radius 1 is 1.07 bits per heavy atom. The predicted molar refractivity (Wildman–Crippen MR) is 60.8 cm³/mol. The Bertz CT molecular complexity index is 449. The lowest BCUT2D eigenvalue weighted by Gasteiger charge is -2.04. The van der Waals surface area contributed by atoms with E-state index in [4.69, 9.17) is 0 Å². The minimum atomic E-state index is 0.856. The van der Waals surface area contributed by atoms with Crippen LogP contribution in [0.15, 0.2) is 36.5 Å². The van der Waals surface area contributed by atoms with E-state index in [1.165, 1.54) is 16.7 Å². The van der Waals surface area contributed by atoms with Crippen LogP contribution in [-0.2, 0) is 6.42 Å². The fraction of sp³-hybridized carbons (Fsp3) is 0.231. The molecule has 0 saturated heterocycles. The molecule has 76 valence electrons. The summed E-state index contributed by atoms with van der Waals surface area (Å²) in [5.74, 6) is 0. The summed E-state index contributed by atoms with van der Waals surface area (Å²) in [5.41, 5.74) is 4.97. The van der Waals surface area contributed by atoms with Crippen molar-refractivity contribution in [1.29, 1.82) is 0 Å². The molecule has 0 amide bonds. The zero-order chi connectivity index (χ0) is 10.7. The van der Waals surface area contributed by atoms with E-state index in [9.17, 15) is 0 Å². The predicted octanol–water partition coefficient (Wildman–Crippen LogP) is 2.68. The summed E-state index contributed by atoms with van der Waals surface area (Å²) in [5, 5.41) is 7.95. The van der Waals surface area contributed by atoms with Crippen LogP contribution in [0.4, 0.5) is 0 Å². The number of hydrogen-bond acceptors (Lipinski definition) is 2. The van der Waals surface area contributed by atoms with Crippen molar-refractivity contribution in [3.8, 4) is 0 Å². The van der Waals surface area contributed by atoms with Crippen molar-refractivity contribution < 1.29 is 0 Å². The SMILES string of the molecule is Cc1ccc(Cc2cccnn2)cc1C. The lowest BCUT2D eigenvalue weighted by Crippen LogP contribution is -1.94. The molecule has 0 aliphatic rings. The van der Waals surface area contributed by atoms with Gasteiger partial charge in [-0.05, 0) is 42.7 Å². The van der Waals surface area contributed by atoms with Crippen molar-refractivity contribution in [2.45, 2.75) is 20.3 Å². The van der Waals surface area contributed by atoms with Gasteiger partial charge in [-0.2, -0.15) is 10.2 Å². The van der Waals surface area contributed by atoms with Crippen LogP contribution >= 0.6 is 0 Å². The lowest BCUT2D eigenvalue weighted by atomic mass is 10.0. The zero-order valence-electron chi connectivity index (χ0n) is 9.07. The highest BCUT2D eigenvalue weighted by Gasteiger charge is 1.99. The number of benzene rings is 1. The normalized spacial score (nSPS) is 10.3. The van der Waals surface area contributed by atoms with Gasteiger partial charge in [-0.15, -0.1) is 0 Å². The highest BCUT2D eigenvalue weighted by molar-refractivity contribution is 5.31. The minimum absolute atomic E-state index is 0.856. The van der Waals surface area contributed by atoms with Crippen LogP contribution in [0.1, 0.15) is 22.4 Å². The molecule has 2 rings (SSSR count). The number of rotatable bonds is 2. The molecule has 0 spiro atoms. The molecule has 0 N–H and O–H groups in total. The molecule has 15 heavy (non-hydrogen) atoms. The molecule has 0 saturated carbocycles. The topological polar surface area (TPSA) is 25.8 Å². The largest absolute Gasteiger partial charge is 0.159 e. The van der Waals surface area contributed by atoms with Crippen LogP contribution in [0.2, 0.25) is 0 Å². The van der Waals surface area contributed by atoms with Gasteiger partial charge in [0.1, 0.15) is 0 Å². The molecule has 1 aromatic carbocycles. The van der Waals surface area contributed by atoms with Crippen LogP contribution in [0, 0.1) is 13.8 Å². The molecule has 2 nitrogen and oxygen atoms in total. The molecule has 0 aliphatic carbocycles. The molecule has 2 aromatic rings. The average Bonchev–Trinajstić information content (AvgIpc) is 2.25. The Morgan fingerprint density at radius 2 is 1.93 bits per heavy atom. The Labute approximate surface area is 90.0 Å². The van der Waals surface area contributed by atoms with Crippen molar-refractivity contribution in [2.24, 2.45) is 0 Å².